The van der Waals surface area contributed by atoms with E-state index in [1.54, 1.807) is 18.2 Å². The molecular formula is C25H20FNO3. The second-order valence-corrected chi connectivity index (χ2v) is 6.91. The number of nitrogens with one attached hydrogen (secondary N) is 1. The Kier molecular flexibility index (Phi) is 5.61. The molecule has 1 atom stereocenters. The highest BCUT2D eigenvalue weighted by Gasteiger charge is 2.23. The van der Waals surface area contributed by atoms with Crippen LogP contribution < -0.4 is 5.32 Å². The van der Waals surface area contributed by atoms with Crippen LogP contribution in [0.15, 0.2) is 91.0 Å². The molecule has 4 nitrogen and oxygen atoms in total. The normalized spacial score (nSPS) is 11.8. The van der Waals surface area contributed by atoms with Gasteiger partial charge in [-0.25, -0.2) is 9.18 Å². The molecule has 0 spiro atoms. The van der Waals surface area contributed by atoms with E-state index in [2.05, 4.69) is 5.32 Å². The van der Waals surface area contributed by atoms with Gasteiger partial charge in [-0.3, -0.25) is 0 Å². The summed E-state index contributed by atoms with van der Waals surface area (Å²) in [5.74, 6) is -0.349. The number of phenolic OH excluding ortho intramolecular Hbond substituents is 1. The minimum atomic E-state index is -0.722. The number of carbonyl (C=O) groups excluding carboxylic acids is 1. The summed E-state index contributed by atoms with van der Waals surface area (Å²) in [6, 6.07) is 25.4. The Balaban J connectivity index is 1.68. The fourth-order valence-corrected chi connectivity index (χ4v) is 3.45. The Morgan fingerprint density at radius 3 is 2.37 bits per heavy atom. The number of benzene rings is 4. The van der Waals surface area contributed by atoms with E-state index in [0.717, 1.165) is 16.3 Å². The van der Waals surface area contributed by atoms with Crippen molar-refractivity contribution in [2.24, 2.45) is 0 Å². The van der Waals surface area contributed by atoms with Crippen molar-refractivity contribution in [3.8, 4) is 5.75 Å². The summed E-state index contributed by atoms with van der Waals surface area (Å²) in [6.45, 7) is 0.115. The highest BCUT2D eigenvalue weighted by molar-refractivity contribution is 5.89. The van der Waals surface area contributed by atoms with Crippen molar-refractivity contribution in [1.29, 1.82) is 0 Å². The number of rotatable bonds is 5. The third-order valence-electron chi connectivity index (χ3n) is 4.91. The van der Waals surface area contributed by atoms with Crippen molar-refractivity contribution in [1.82, 2.24) is 5.32 Å². The molecule has 2 N–H and O–H groups in total. The van der Waals surface area contributed by atoms with Crippen LogP contribution in [0.25, 0.3) is 10.8 Å². The minimum absolute atomic E-state index is 0.0337. The van der Waals surface area contributed by atoms with E-state index in [1.165, 1.54) is 12.1 Å². The lowest BCUT2D eigenvalue weighted by Crippen LogP contribution is -2.30. The SMILES string of the molecule is O=C(NC(c1ccc(F)cc1)c1c(O)ccc2ccccc12)OCc1ccccc1. The van der Waals surface area contributed by atoms with Crippen molar-refractivity contribution < 1.29 is 19.0 Å². The molecule has 0 aromatic heterocycles. The number of carbonyl (C=O) groups is 1. The van der Waals surface area contributed by atoms with E-state index in [-0.39, 0.29) is 18.2 Å². The number of ether oxygens (including phenoxy) is 1. The fourth-order valence-electron chi connectivity index (χ4n) is 3.45. The fraction of sp³-hybridized carbons (Fsp3) is 0.0800. The van der Waals surface area contributed by atoms with Crippen LogP contribution in [0.3, 0.4) is 0 Å². The molecular weight excluding hydrogens is 381 g/mol. The molecule has 0 aliphatic heterocycles. The van der Waals surface area contributed by atoms with E-state index < -0.39 is 12.1 Å². The summed E-state index contributed by atoms with van der Waals surface area (Å²) >= 11 is 0. The van der Waals surface area contributed by atoms with E-state index in [0.29, 0.717) is 11.1 Å². The average Bonchev–Trinajstić information content (AvgIpc) is 2.78. The van der Waals surface area contributed by atoms with Crippen LogP contribution in [0.2, 0.25) is 0 Å². The van der Waals surface area contributed by atoms with E-state index in [4.69, 9.17) is 4.74 Å². The minimum Gasteiger partial charge on any atom is -0.508 e. The maximum absolute atomic E-state index is 13.5. The molecule has 0 aliphatic rings. The number of phenols is 1. The lowest BCUT2D eigenvalue weighted by Gasteiger charge is -2.22. The second-order valence-electron chi connectivity index (χ2n) is 6.91. The number of halogens is 1. The predicted molar refractivity (Wildman–Crippen MR) is 114 cm³/mol. The maximum atomic E-state index is 13.5. The number of alkyl carbamates (subject to hydrolysis) is 1. The van der Waals surface area contributed by atoms with Crippen LogP contribution in [0.1, 0.15) is 22.7 Å². The first kappa shape index (κ1) is 19.5. The molecule has 0 saturated heterocycles. The van der Waals surface area contributed by atoms with Crippen molar-refractivity contribution >= 4 is 16.9 Å². The summed E-state index contributed by atoms with van der Waals surface area (Å²) in [4.78, 5) is 12.6. The highest BCUT2D eigenvalue weighted by atomic mass is 19.1. The topological polar surface area (TPSA) is 58.6 Å². The Morgan fingerprint density at radius 2 is 1.60 bits per heavy atom. The molecule has 0 bridgehead atoms. The molecule has 0 heterocycles. The van der Waals surface area contributed by atoms with Gasteiger partial charge in [0, 0.05) is 5.56 Å². The van der Waals surface area contributed by atoms with Crippen LogP contribution in [0.5, 0.6) is 5.75 Å². The molecule has 1 unspecified atom stereocenters. The van der Waals surface area contributed by atoms with Gasteiger partial charge in [-0.2, -0.15) is 0 Å². The van der Waals surface area contributed by atoms with Crippen molar-refractivity contribution in [2.45, 2.75) is 12.6 Å². The van der Waals surface area contributed by atoms with Crippen LogP contribution >= 0.6 is 0 Å². The monoisotopic (exact) mass is 401 g/mol. The summed E-state index contributed by atoms with van der Waals surface area (Å²) in [7, 11) is 0. The first-order valence-electron chi connectivity index (χ1n) is 9.55. The summed E-state index contributed by atoms with van der Waals surface area (Å²) < 4.78 is 18.9. The van der Waals surface area contributed by atoms with Gasteiger partial charge in [0.2, 0.25) is 0 Å². The summed E-state index contributed by atoms with van der Waals surface area (Å²) in [5, 5.41) is 15.2. The molecule has 30 heavy (non-hydrogen) atoms. The Hall–Kier alpha value is -3.86. The van der Waals surface area contributed by atoms with Gasteiger partial charge in [0.05, 0.1) is 6.04 Å². The molecule has 4 rings (SSSR count). The van der Waals surface area contributed by atoms with E-state index >= 15 is 0 Å². The smallest absolute Gasteiger partial charge is 0.408 e. The highest BCUT2D eigenvalue weighted by Crippen LogP contribution is 2.36. The molecule has 150 valence electrons. The van der Waals surface area contributed by atoms with Gasteiger partial charge in [0.1, 0.15) is 18.2 Å². The number of hydrogen-bond donors (Lipinski definition) is 2. The number of fused-ring (bicyclic) bond motifs is 1. The number of aromatic hydroxyl groups is 1. The molecule has 0 radical (unpaired) electrons. The van der Waals surface area contributed by atoms with Crippen LogP contribution in [0.4, 0.5) is 9.18 Å². The zero-order valence-electron chi connectivity index (χ0n) is 16.1. The van der Waals surface area contributed by atoms with Gasteiger partial charge in [-0.05, 0) is 40.1 Å². The molecule has 0 saturated carbocycles. The van der Waals surface area contributed by atoms with Gasteiger partial charge in [0.15, 0.2) is 0 Å². The predicted octanol–water partition coefficient (Wildman–Crippen LogP) is 5.70. The van der Waals surface area contributed by atoms with Crippen LogP contribution in [0, 0.1) is 5.82 Å². The quantitative estimate of drug-likeness (QED) is 0.451. The largest absolute Gasteiger partial charge is 0.508 e. The van der Waals surface area contributed by atoms with Gasteiger partial charge in [0.25, 0.3) is 0 Å². The van der Waals surface area contributed by atoms with E-state index in [1.807, 2.05) is 60.7 Å². The first-order valence-corrected chi connectivity index (χ1v) is 9.55. The third-order valence-corrected chi connectivity index (χ3v) is 4.91. The zero-order chi connectivity index (χ0) is 20.9. The molecule has 4 aromatic rings. The number of amides is 1. The molecule has 0 fully saturated rings. The van der Waals surface area contributed by atoms with Crippen molar-refractivity contribution in [3.05, 3.63) is 114 Å². The lowest BCUT2D eigenvalue weighted by molar-refractivity contribution is 0.137. The second kappa shape index (κ2) is 8.66. The molecule has 5 heteroatoms. The molecule has 1 amide bonds. The standard InChI is InChI=1S/C25H20FNO3/c26-20-13-10-19(11-14-20)24(27-25(29)30-16-17-6-2-1-3-7-17)23-21-9-5-4-8-18(21)12-15-22(23)28/h1-15,24,28H,16H2,(H,27,29). The zero-order valence-corrected chi connectivity index (χ0v) is 16.1. The third kappa shape index (κ3) is 4.25. The molecule has 0 aliphatic carbocycles. The van der Waals surface area contributed by atoms with Gasteiger partial charge in [-0.1, -0.05) is 72.8 Å². The number of hydrogen-bond acceptors (Lipinski definition) is 3. The van der Waals surface area contributed by atoms with Crippen molar-refractivity contribution in [3.63, 3.8) is 0 Å². The Labute approximate surface area is 173 Å². The van der Waals surface area contributed by atoms with Crippen LogP contribution in [-0.4, -0.2) is 11.2 Å². The van der Waals surface area contributed by atoms with Gasteiger partial charge < -0.3 is 15.2 Å². The van der Waals surface area contributed by atoms with E-state index in [9.17, 15) is 14.3 Å². The lowest BCUT2D eigenvalue weighted by atomic mass is 9.93. The maximum Gasteiger partial charge on any atom is 0.408 e. The Bertz CT molecular complexity index is 1160. The van der Waals surface area contributed by atoms with Crippen LogP contribution in [-0.2, 0) is 11.3 Å². The van der Waals surface area contributed by atoms with Crippen molar-refractivity contribution in [2.75, 3.05) is 0 Å². The average molecular weight is 401 g/mol. The first-order chi connectivity index (χ1) is 14.6. The molecule has 4 aromatic carbocycles. The summed E-state index contributed by atoms with van der Waals surface area (Å²) in [6.07, 6.45) is -0.638. The van der Waals surface area contributed by atoms with Gasteiger partial charge >= 0.3 is 6.09 Å². The summed E-state index contributed by atoms with van der Waals surface area (Å²) in [5.41, 5.74) is 2.01. The van der Waals surface area contributed by atoms with Gasteiger partial charge in [-0.15, -0.1) is 0 Å². The Morgan fingerprint density at radius 1 is 0.900 bits per heavy atom.